The zero-order valence-electron chi connectivity index (χ0n) is 12.8. The van der Waals surface area contributed by atoms with Gasteiger partial charge < -0.3 is 5.32 Å². The minimum Gasteiger partial charge on any atom is -0.309 e. The summed E-state index contributed by atoms with van der Waals surface area (Å²) in [6.07, 6.45) is 0. The molecule has 0 aromatic heterocycles. The van der Waals surface area contributed by atoms with E-state index in [4.69, 9.17) is 0 Å². The number of thioether (sulfide) groups is 1. The Labute approximate surface area is 131 Å². The molecular weight excluding hydrogens is 281 g/mol. The van der Waals surface area contributed by atoms with E-state index in [0.29, 0.717) is 6.04 Å². The third-order valence-corrected chi connectivity index (χ3v) is 4.43. The zero-order valence-corrected chi connectivity index (χ0v) is 13.6. The highest BCUT2D eigenvalue weighted by atomic mass is 32.2. The minimum absolute atomic E-state index is 0.183. The molecule has 0 saturated carbocycles. The lowest BCUT2D eigenvalue weighted by atomic mass is 10.0. The molecule has 3 heteroatoms. The van der Waals surface area contributed by atoms with Crippen LogP contribution in [0.2, 0.25) is 0 Å². The highest BCUT2D eigenvalue weighted by Gasteiger charge is 2.11. The van der Waals surface area contributed by atoms with Crippen molar-refractivity contribution in [2.45, 2.75) is 31.7 Å². The van der Waals surface area contributed by atoms with Crippen LogP contribution in [0.15, 0.2) is 47.4 Å². The first-order chi connectivity index (χ1) is 10.1. The van der Waals surface area contributed by atoms with E-state index < -0.39 is 0 Å². The molecule has 2 rings (SSSR count). The summed E-state index contributed by atoms with van der Waals surface area (Å²) in [7, 11) is 0. The number of rotatable bonds is 6. The van der Waals surface area contributed by atoms with Crippen LogP contribution in [-0.4, -0.2) is 12.3 Å². The van der Waals surface area contributed by atoms with E-state index in [1.54, 1.807) is 11.8 Å². The fourth-order valence-electron chi connectivity index (χ4n) is 2.44. The molecule has 0 heterocycles. The van der Waals surface area contributed by atoms with Gasteiger partial charge >= 0.3 is 0 Å². The number of halogens is 1. The Hall–Kier alpha value is -1.32. The first-order valence-corrected chi connectivity index (χ1v) is 8.27. The van der Waals surface area contributed by atoms with E-state index in [2.05, 4.69) is 44.3 Å². The molecule has 1 nitrogen and oxygen atoms in total. The van der Waals surface area contributed by atoms with Crippen molar-refractivity contribution in [2.75, 3.05) is 12.3 Å². The minimum atomic E-state index is -0.183. The molecule has 1 atom stereocenters. The van der Waals surface area contributed by atoms with Crippen LogP contribution in [-0.2, 0) is 0 Å². The van der Waals surface area contributed by atoms with Crippen molar-refractivity contribution in [1.29, 1.82) is 0 Å². The van der Waals surface area contributed by atoms with Crippen LogP contribution in [0.25, 0.3) is 0 Å². The topological polar surface area (TPSA) is 12.0 Å². The number of aryl methyl sites for hydroxylation is 2. The lowest BCUT2D eigenvalue weighted by Crippen LogP contribution is -2.23. The fourth-order valence-corrected chi connectivity index (χ4v) is 3.44. The fraction of sp³-hybridized carbons (Fsp3) is 0.333. The molecule has 0 radical (unpaired) electrons. The molecule has 0 saturated heterocycles. The second kappa shape index (κ2) is 7.62. The van der Waals surface area contributed by atoms with Gasteiger partial charge in [0.15, 0.2) is 0 Å². The summed E-state index contributed by atoms with van der Waals surface area (Å²) in [4.78, 5) is 1.10. The lowest BCUT2D eigenvalue weighted by molar-refractivity contribution is 0.605. The zero-order chi connectivity index (χ0) is 15.2. The van der Waals surface area contributed by atoms with Crippen molar-refractivity contribution in [1.82, 2.24) is 5.32 Å². The summed E-state index contributed by atoms with van der Waals surface area (Å²) < 4.78 is 12.9. The van der Waals surface area contributed by atoms with Gasteiger partial charge in [-0.25, -0.2) is 4.39 Å². The van der Waals surface area contributed by atoms with E-state index >= 15 is 0 Å². The van der Waals surface area contributed by atoms with Gasteiger partial charge in [0, 0.05) is 16.7 Å². The molecule has 21 heavy (non-hydrogen) atoms. The summed E-state index contributed by atoms with van der Waals surface area (Å²) in [5.74, 6) is 0.749. The molecule has 1 unspecified atom stereocenters. The second-order valence-corrected chi connectivity index (χ2v) is 6.39. The Kier molecular flexibility index (Phi) is 5.83. The normalized spacial score (nSPS) is 12.4. The molecular formula is C18H22FNS. The van der Waals surface area contributed by atoms with Crippen molar-refractivity contribution < 1.29 is 4.39 Å². The predicted molar refractivity (Wildman–Crippen MR) is 89.5 cm³/mol. The van der Waals surface area contributed by atoms with Gasteiger partial charge in [-0.3, -0.25) is 0 Å². The van der Waals surface area contributed by atoms with Crippen molar-refractivity contribution in [3.8, 4) is 0 Å². The molecule has 0 amide bonds. The monoisotopic (exact) mass is 303 g/mol. The molecule has 2 aromatic rings. The average molecular weight is 303 g/mol. The average Bonchev–Trinajstić information content (AvgIpc) is 2.44. The summed E-state index contributed by atoms with van der Waals surface area (Å²) in [5, 5.41) is 3.54. The third-order valence-electron chi connectivity index (χ3n) is 3.33. The van der Waals surface area contributed by atoms with E-state index in [1.165, 1.54) is 28.8 Å². The maximum atomic E-state index is 12.9. The van der Waals surface area contributed by atoms with Crippen molar-refractivity contribution in [3.05, 3.63) is 65.0 Å². The number of hydrogen-bond donors (Lipinski definition) is 1. The first-order valence-electron chi connectivity index (χ1n) is 7.28. The van der Waals surface area contributed by atoms with Gasteiger partial charge in [0.05, 0.1) is 0 Å². The molecule has 0 aliphatic carbocycles. The van der Waals surface area contributed by atoms with Crippen LogP contribution in [0, 0.1) is 19.7 Å². The van der Waals surface area contributed by atoms with Crippen LogP contribution in [0.1, 0.15) is 29.7 Å². The Morgan fingerprint density at radius 2 is 1.67 bits per heavy atom. The number of benzene rings is 2. The van der Waals surface area contributed by atoms with Gasteiger partial charge in [-0.05, 0) is 50.2 Å². The summed E-state index contributed by atoms with van der Waals surface area (Å²) in [5.41, 5.74) is 3.91. The second-order valence-electron chi connectivity index (χ2n) is 5.30. The largest absolute Gasteiger partial charge is 0.309 e. The van der Waals surface area contributed by atoms with E-state index in [1.807, 2.05) is 12.1 Å². The maximum Gasteiger partial charge on any atom is 0.123 e. The van der Waals surface area contributed by atoms with E-state index in [-0.39, 0.29) is 5.82 Å². The highest BCUT2D eigenvalue weighted by Crippen LogP contribution is 2.26. The van der Waals surface area contributed by atoms with Crippen LogP contribution in [0.5, 0.6) is 0 Å². The van der Waals surface area contributed by atoms with Crippen LogP contribution < -0.4 is 5.32 Å². The molecule has 0 spiro atoms. The van der Waals surface area contributed by atoms with E-state index in [9.17, 15) is 4.39 Å². The number of hydrogen-bond acceptors (Lipinski definition) is 2. The van der Waals surface area contributed by atoms with Gasteiger partial charge in [0.25, 0.3) is 0 Å². The number of nitrogens with one attached hydrogen (secondary N) is 1. The molecule has 0 bridgehead atoms. The SMILES string of the molecule is CCNC(CSc1ccc(F)cc1)c1cc(C)cc(C)c1. The smallest absolute Gasteiger partial charge is 0.123 e. The molecule has 0 fully saturated rings. The van der Waals surface area contributed by atoms with Gasteiger partial charge in [-0.15, -0.1) is 11.8 Å². The Morgan fingerprint density at radius 3 is 2.24 bits per heavy atom. The van der Waals surface area contributed by atoms with Gasteiger partial charge in [0.1, 0.15) is 5.82 Å². The Bertz CT molecular complexity index is 560. The van der Waals surface area contributed by atoms with Crippen molar-refractivity contribution >= 4 is 11.8 Å². The van der Waals surface area contributed by atoms with Crippen LogP contribution in [0.3, 0.4) is 0 Å². The first kappa shape index (κ1) is 16.1. The maximum absolute atomic E-state index is 12.9. The summed E-state index contributed by atoms with van der Waals surface area (Å²) >= 11 is 1.75. The highest BCUT2D eigenvalue weighted by molar-refractivity contribution is 7.99. The predicted octanol–water partition coefficient (Wildman–Crippen LogP) is 4.89. The van der Waals surface area contributed by atoms with Crippen molar-refractivity contribution in [3.63, 3.8) is 0 Å². The molecule has 2 aromatic carbocycles. The van der Waals surface area contributed by atoms with Gasteiger partial charge in [-0.1, -0.05) is 36.2 Å². The third kappa shape index (κ3) is 4.87. The Balaban J connectivity index is 2.09. The molecule has 0 aliphatic heterocycles. The summed E-state index contributed by atoms with van der Waals surface area (Å²) in [6.45, 7) is 7.32. The van der Waals surface area contributed by atoms with Crippen LogP contribution in [0.4, 0.5) is 4.39 Å². The van der Waals surface area contributed by atoms with Gasteiger partial charge in [0.2, 0.25) is 0 Å². The summed E-state index contributed by atoms with van der Waals surface area (Å²) in [6, 6.07) is 13.7. The lowest BCUT2D eigenvalue weighted by Gasteiger charge is -2.19. The van der Waals surface area contributed by atoms with Gasteiger partial charge in [-0.2, -0.15) is 0 Å². The van der Waals surface area contributed by atoms with Crippen LogP contribution >= 0.6 is 11.8 Å². The Morgan fingerprint density at radius 1 is 1.05 bits per heavy atom. The molecule has 112 valence electrons. The molecule has 1 N–H and O–H groups in total. The molecule has 0 aliphatic rings. The van der Waals surface area contributed by atoms with E-state index in [0.717, 1.165) is 17.2 Å². The van der Waals surface area contributed by atoms with Crippen molar-refractivity contribution in [2.24, 2.45) is 0 Å². The standard InChI is InChI=1S/C18H22FNS/c1-4-20-18(15-10-13(2)9-14(3)11-15)12-21-17-7-5-16(19)6-8-17/h5-11,18,20H,4,12H2,1-3H3. The quantitative estimate of drug-likeness (QED) is 0.763.